The van der Waals surface area contributed by atoms with Gasteiger partial charge in [0.1, 0.15) is 6.33 Å². The number of fused-ring (bicyclic) bond motifs is 2. The maximum Gasteiger partial charge on any atom is 0.213 e. The highest BCUT2D eigenvalue weighted by molar-refractivity contribution is 5.95. The largest absolute Gasteiger partial charge is 0.338 e. The second-order valence-electron chi connectivity index (χ2n) is 9.51. The monoisotopic (exact) mass is 463 g/mol. The molecule has 0 spiro atoms. The fraction of sp³-hybridized carbons (Fsp3) is 0.286. The van der Waals surface area contributed by atoms with Crippen LogP contribution in [0.2, 0.25) is 0 Å². The van der Waals surface area contributed by atoms with Gasteiger partial charge >= 0.3 is 0 Å². The minimum Gasteiger partial charge on any atom is -0.338 e. The molecule has 0 amide bonds. The zero-order valence-electron chi connectivity index (χ0n) is 20.1. The van der Waals surface area contributed by atoms with Gasteiger partial charge in [0.15, 0.2) is 5.65 Å². The topological polar surface area (TPSA) is 71.2 Å². The van der Waals surface area contributed by atoms with Crippen molar-refractivity contribution in [3.63, 3.8) is 0 Å². The normalized spacial score (nSPS) is 16.1. The Hall–Kier alpha value is -3.84. The zero-order valence-corrected chi connectivity index (χ0v) is 20.1. The zero-order chi connectivity index (χ0) is 23.8. The Labute approximate surface area is 204 Å². The minimum atomic E-state index is 0.382. The Bertz CT molecular complexity index is 1480. The Morgan fingerprint density at radius 1 is 1.00 bits per heavy atom. The molecule has 1 saturated heterocycles. The van der Waals surface area contributed by atoms with Gasteiger partial charge in [0, 0.05) is 43.1 Å². The first-order valence-electron chi connectivity index (χ1n) is 12.3. The van der Waals surface area contributed by atoms with Gasteiger partial charge in [0.2, 0.25) is 5.95 Å². The third-order valence-corrected chi connectivity index (χ3v) is 6.82. The minimum absolute atomic E-state index is 0.382. The van der Waals surface area contributed by atoms with Crippen molar-refractivity contribution < 1.29 is 0 Å². The molecule has 35 heavy (non-hydrogen) atoms. The predicted octanol–water partition coefficient (Wildman–Crippen LogP) is 4.97. The number of hydrogen-bond donors (Lipinski definition) is 1. The van der Waals surface area contributed by atoms with Crippen molar-refractivity contribution in [2.75, 3.05) is 18.0 Å². The average Bonchev–Trinajstić information content (AvgIpc) is 3.57. The lowest BCUT2D eigenvalue weighted by atomic mass is 9.98. The summed E-state index contributed by atoms with van der Waals surface area (Å²) in [5.41, 5.74) is 4.80. The van der Waals surface area contributed by atoms with E-state index >= 15 is 0 Å². The molecule has 0 bridgehead atoms. The molecule has 6 rings (SSSR count). The molecule has 2 aromatic carbocycles. The summed E-state index contributed by atoms with van der Waals surface area (Å²) in [4.78, 5) is 12.0. The highest BCUT2D eigenvalue weighted by Gasteiger charge is 2.30. The molecule has 4 heterocycles. The second-order valence-corrected chi connectivity index (χ2v) is 9.51. The second kappa shape index (κ2) is 9.07. The van der Waals surface area contributed by atoms with Crippen LogP contribution >= 0.6 is 0 Å². The summed E-state index contributed by atoms with van der Waals surface area (Å²) in [6, 6.07) is 19.8. The van der Waals surface area contributed by atoms with Crippen LogP contribution in [0, 0.1) is 0 Å². The summed E-state index contributed by atoms with van der Waals surface area (Å²) in [7, 11) is 0. The van der Waals surface area contributed by atoms with Crippen LogP contribution in [0.25, 0.3) is 38.8 Å². The molecular formula is C28H29N7. The van der Waals surface area contributed by atoms with Crippen LogP contribution in [-0.4, -0.2) is 49.7 Å². The van der Waals surface area contributed by atoms with Crippen molar-refractivity contribution in [1.29, 1.82) is 0 Å². The number of rotatable bonds is 6. The van der Waals surface area contributed by atoms with Crippen LogP contribution in [0.1, 0.15) is 26.7 Å². The molecule has 1 N–H and O–H groups in total. The van der Waals surface area contributed by atoms with Gasteiger partial charge in [0.05, 0.1) is 11.3 Å². The summed E-state index contributed by atoms with van der Waals surface area (Å²) in [6.07, 6.45) is 7.72. The molecule has 0 radical (unpaired) electrons. The van der Waals surface area contributed by atoms with E-state index in [1.54, 1.807) is 6.33 Å². The molecule has 1 fully saturated rings. The standard InChI is InChI=1S/C28H29N7/c1-19(2)30-17-24-8-5-15-34(24)28-32-26(21-11-13-29-14-12-21)25(27-33-31-18-35(27)28)23-10-9-20-6-3-4-7-22(20)16-23/h3-4,6-7,9-14,16,18-19,24,30H,5,8,15,17H2,1-2H3. The van der Waals surface area contributed by atoms with E-state index in [-0.39, 0.29) is 0 Å². The van der Waals surface area contributed by atoms with E-state index in [1.165, 1.54) is 10.8 Å². The average molecular weight is 464 g/mol. The van der Waals surface area contributed by atoms with E-state index in [1.807, 2.05) is 24.5 Å². The van der Waals surface area contributed by atoms with Gasteiger partial charge in [-0.25, -0.2) is 4.98 Å². The molecule has 1 aliphatic rings. The lowest BCUT2D eigenvalue weighted by Gasteiger charge is -2.28. The van der Waals surface area contributed by atoms with Gasteiger partial charge < -0.3 is 10.2 Å². The van der Waals surface area contributed by atoms with Gasteiger partial charge in [-0.15, -0.1) is 10.2 Å². The van der Waals surface area contributed by atoms with Crippen LogP contribution in [0.3, 0.4) is 0 Å². The Morgan fingerprint density at radius 2 is 1.83 bits per heavy atom. The third kappa shape index (κ3) is 4.02. The summed E-state index contributed by atoms with van der Waals surface area (Å²) < 4.78 is 2.06. The number of pyridine rings is 1. The summed E-state index contributed by atoms with van der Waals surface area (Å²) in [5, 5.41) is 14.9. The van der Waals surface area contributed by atoms with Crippen LogP contribution in [0.15, 0.2) is 73.3 Å². The molecule has 176 valence electrons. The van der Waals surface area contributed by atoms with Gasteiger partial charge in [-0.05, 0) is 47.4 Å². The van der Waals surface area contributed by atoms with E-state index in [9.17, 15) is 0 Å². The number of hydrogen-bond acceptors (Lipinski definition) is 6. The number of nitrogens with zero attached hydrogens (tertiary/aromatic N) is 6. The SMILES string of the molecule is CC(C)NCC1CCCN1c1nc(-c2ccncc2)c(-c2ccc3ccccc3c2)c2nncn12. The fourth-order valence-corrected chi connectivity index (χ4v) is 5.08. The van der Waals surface area contributed by atoms with E-state index in [0.29, 0.717) is 12.1 Å². The van der Waals surface area contributed by atoms with Gasteiger partial charge in [-0.1, -0.05) is 50.2 Å². The van der Waals surface area contributed by atoms with Crippen molar-refractivity contribution in [2.45, 2.75) is 38.8 Å². The highest BCUT2D eigenvalue weighted by atomic mass is 15.4. The predicted molar refractivity (Wildman–Crippen MR) is 140 cm³/mol. The molecule has 7 nitrogen and oxygen atoms in total. The molecule has 3 aromatic heterocycles. The van der Waals surface area contributed by atoms with Gasteiger partial charge in [-0.2, -0.15) is 0 Å². The van der Waals surface area contributed by atoms with Crippen LogP contribution < -0.4 is 10.2 Å². The van der Waals surface area contributed by atoms with Crippen molar-refractivity contribution in [3.8, 4) is 22.4 Å². The van der Waals surface area contributed by atoms with Crippen molar-refractivity contribution >= 4 is 22.4 Å². The summed E-state index contributed by atoms with van der Waals surface area (Å²) in [5.74, 6) is 0.898. The fourth-order valence-electron chi connectivity index (χ4n) is 5.08. The Balaban J connectivity index is 1.56. The van der Waals surface area contributed by atoms with E-state index < -0.39 is 0 Å². The van der Waals surface area contributed by atoms with Crippen molar-refractivity contribution in [2.24, 2.45) is 0 Å². The van der Waals surface area contributed by atoms with Gasteiger partial charge in [-0.3, -0.25) is 9.38 Å². The van der Waals surface area contributed by atoms with Crippen LogP contribution in [0.4, 0.5) is 5.95 Å². The Kier molecular flexibility index (Phi) is 5.62. The first kappa shape index (κ1) is 21.7. The highest BCUT2D eigenvalue weighted by Crippen LogP contribution is 2.38. The van der Waals surface area contributed by atoms with Crippen molar-refractivity contribution in [1.82, 2.24) is 29.9 Å². The number of aromatic nitrogens is 5. The van der Waals surface area contributed by atoms with Crippen molar-refractivity contribution in [3.05, 3.63) is 73.3 Å². The molecule has 5 aromatic rings. The summed E-state index contributed by atoms with van der Waals surface area (Å²) in [6.45, 7) is 6.28. The maximum absolute atomic E-state index is 5.31. The summed E-state index contributed by atoms with van der Waals surface area (Å²) >= 11 is 0. The lowest BCUT2D eigenvalue weighted by molar-refractivity contribution is 0.520. The third-order valence-electron chi connectivity index (χ3n) is 6.82. The number of anilines is 1. The van der Waals surface area contributed by atoms with Crippen LogP contribution in [0.5, 0.6) is 0 Å². The molecule has 7 heteroatoms. The first-order valence-corrected chi connectivity index (χ1v) is 12.3. The molecule has 0 aliphatic carbocycles. The number of nitrogens with one attached hydrogen (secondary N) is 1. The lowest BCUT2D eigenvalue weighted by Crippen LogP contribution is -2.41. The van der Waals surface area contributed by atoms with Crippen LogP contribution in [-0.2, 0) is 0 Å². The Morgan fingerprint density at radius 3 is 2.66 bits per heavy atom. The van der Waals surface area contributed by atoms with E-state index in [2.05, 4.69) is 86.1 Å². The van der Waals surface area contributed by atoms with E-state index in [0.717, 1.165) is 59.9 Å². The molecule has 1 atom stereocenters. The quantitative estimate of drug-likeness (QED) is 0.383. The first-order chi connectivity index (χ1) is 17.2. The maximum atomic E-state index is 5.31. The molecule has 1 aliphatic heterocycles. The number of benzene rings is 2. The van der Waals surface area contributed by atoms with Gasteiger partial charge in [0.25, 0.3) is 0 Å². The molecule has 1 unspecified atom stereocenters. The smallest absolute Gasteiger partial charge is 0.213 e. The molecular weight excluding hydrogens is 434 g/mol. The molecule has 0 saturated carbocycles. The van der Waals surface area contributed by atoms with E-state index in [4.69, 9.17) is 4.98 Å².